The van der Waals surface area contributed by atoms with Crippen LogP contribution in [0.4, 0.5) is 0 Å². The van der Waals surface area contributed by atoms with Gasteiger partial charge >= 0.3 is 0 Å². The average molecular weight is 341 g/mol. The van der Waals surface area contributed by atoms with Gasteiger partial charge in [0, 0.05) is 7.11 Å². The molecular weight excluding hydrogens is 320 g/mol. The first-order valence-electron chi connectivity index (χ1n) is 7.31. The zero-order chi connectivity index (χ0) is 14.1. The summed E-state index contributed by atoms with van der Waals surface area (Å²) in [4.78, 5) is 0. The number of ether oxygens (including phenoxy) is 2. The highest BCUT2D eigenvalue weighted by Gasteiger charge is 2.55. The lowest BCUT2D eigenvalue weighted by Crippen LogP contribution is -2.06. The number of benzene rings is 1. The molecule has 0 bridgehead atoms. The van der Waals surface area contributed by atoms with E-state index in [4.69, 9.17) is 9.47 Å². The topological polar surface area (TPSA) is 38.7 Å². The van der Waals surface area contributed by atoms with Crippen LogP contribution in [0.2, 0.25) is 0 Å². The van der Waals surface area contributed by atoms with Gasteiger partial charge < -0.3 is 14.6 Å². The SMILES string of the molecule is COCCOc1ccc(C(O)C2C3CCCC32)cc1Br. The number of rotatable bonds is 6. The molecule has 20 heavy (non-hydrogen) atoms. The van der Waals surface area contributed by atoms with Crippen LogP contribution in [-0.4, -0.2) is 25.4 Å². The lowest BCUT2D eigenvalue weighted by molar-refractivity contribution is 0.136. The summed E-state index contributed by atoms with van der Waals surface area (Å²) in [5.74, 6) is 2.81. The molecular formula is C16H21BrO3. The lowest BCUT2D eigenvalue weighted by Gasteiger charge is -2.15. The molecule has 2 fully saturated rings. The van der Waals surface area contributed by atoms with E-state index >= 15 is 0 Å². The third-order valence-corrected chi connectivity index (χ3v) is 5.30. The molecule has 0 saturated heterocycles. The van der Waals surface area contributed by atoms with Crippen LogP contribution in [0, 0.1) is 17.8 Å². The highest BCUT2D eigenvalue weighted by molar-refractivity contribution is 9.10. The molecule has 4 heteroatoms. The summed E-state index contributed by atoms with van der Waals surface area (Å²) in [6, 6.07) is 5.89. The zero-order valence-electron chi connectivity index (χ0n) is 11.7. The summed E-state index contributed by atoms with van der Waals surface area (Å²) < 4.78 is 11.5. The fourth-order valence-corrected chi connectivity index (χ4v) is 4.13. The number of fused-ring (bicyclic) bond motifs is 1. The van der Waals surface area contributed by atoms with Crippen molar-refractivity contribution in [3.63, 3.8) is 0 Å². The predicted molar refractivity (Wildman–Crippen MR) is 80.8 cm³/mol. The lowest BCUT2D eigenvalue weighted by atomic mass is 9.99. The van der Waals surface area contributed by atoms with Gasteiger partial charge in [0.1, 0.15) is 12.4 Å². The minimum absolute atomic E-state index is 0.324. The van der Waals surface area contributed by atoms with Crippen molar-refractivity contribution in [3.8, 4) is 5.75 Å². The van der Waals surface area contributed by atoms with E-state index in [-0.39, 0.29) is 6.10 Å². The molecule has 3 unspecified atom stereocenters. The number of halogens is 1. The number of aliphatic hydroxyl groups excluding tert-OH is 1. The minimum atomic E-state index is -0.324. The van der Waals surface area contributed by atoms with E-state index in [1.165, 1.54) is 19.3 Å². The van der Waals surface area contributed by atoms with Crippen LogP contribution in [0.15, 0.2) is 22.7 Å². The summed E-state index contributed by atoms with van der Waals surface area (Å²) in [7, 11) is 1.66. The van der Waals surface area contributed by atoms with Gasteiger partial charge in [-0.2, -0.15) is 0 Å². The maximum atomic E-state index is 10.5. The minimum Gasteiger partial charge on any atom is -0.490 e. The number of hydrogen-bond donors (Lipinski definition) is 1. The smallest absolute Gasteiger partial charge is 0.133 e. The molecule has 2 saturated carbocycles. The molecule has 110 valence electrons. The van der Waals surface area contributed by atoms with Crippen LogP contribution in [-0.2, 0) is 4.74 Å². The highest BCUT2D eigenvalue weighted by atomic mass is 79.9. The van der Waals surface area contributed by atoms with Crippen molar-refractivity contribution in [1.29, 1.82) is 0 Å². The first-order chi connectivity index (χ1) is 9.72. The molecule has 3 nitrogen and oxygen atoms in total. The fourth-order valence-electron chi connectivity index (χ4n) is 3.62. The molecule has 1 aromatic carbocycles. The summed E-state index contributed by atoms with van der Waals surface area (Å²) in [5, 5.41) is 10.5. The Labute approximate surface area is 128 Å². The van der Waals surface area contributed by atoms with Crippen LogP contribution in [0.3, 0.4) is 0 Å². The van der Waals surface area contributed by atoms with E-state index in [2.05, 4.69) is 15.9 Å². The van der Waals surface area contributed by atoms with Crippen molar-refractivity contribution in [2.24, 2.45) is 17.8 Å². The Morgan fingerprint density at radius 3 is 2.70 bits per heavy atom. The molecule has 0 radical (unpaired) electrons. The monoisotopic (exact) mass is 340 g/mol. The molecule has 2 aliphatic carbocycles. The largest absolute Gasteiger partial charge is 0.490 e. The van der Waals surface area contributed by atoms with Gasteiger partial charge in [-0.25, -0.2) is 0 Å². The van der Waals surface area contributed by atoms with Crippen LogP contribution in [0.25, 0.3) is 0 Å². The summed E-state index contributed by atoms with van der Waals surface area (Å²) >= 11 is 3.52. The van der Waals surface area contributed by atoms with E-state index in [0.717, 1.165) is 27.6 Å². The number of hydrogen-bond acceptors (Lipinski definition) is 3. The number of aliphatic hydroxyl groups is 1. The normalized spacial score (nSPS) is 29.1. The second-order valence-corrected chi connectivity index (χ2v) is 6.67. The Morgan fingerprint density at radius 1 is 1.30 bits per heavy atom. The van der Waals surface area contributed by atoms with Gasteiger partial charge in [0.2, 0.25) is 0 Å². The van der Waals surface area contributed by atoms with E-state index in [1.807, 2.05) is 18.2 Å². The summed E-state index contributed by atoms with van der Waals surface area (Å²) in [6.45, 7) is 1.10. The standard InChI is InChI=1S/C16H21BrO3/c1-19-7-8-20-14-6-5-10(9-13(14)17)16(18)15-11-3-2-4-12(11)15/h5-6,9,11-12,15-16,18H,2-4,7-8H2,1H3. The molecule has 3 atom stereocenters. The quantitative estimate of drug-likeness (QED) is 0.804. The van der Waals surface area contributed by atoms with Crippen LogP contribution in [0.1, 0.15) is 30.9 Å². The number of methoxy groups -OCH3 is 1. The Morgan fingerprint density at radius 2 is 2.05 bits per heavy atom. The molecule has 1 N–H and O–H groups in total. The molecule has 0 aliphatic heterocycles. The van der Waals surface area contributed by atoms with E-state index < -0.39 is 0 Å². The molecule has 0 spiro atoms. The maximum absolute atomic E-state index is 10.5. The van der Waals surface area contributed by atoms with Gasteiger partial charge in [0.15, 0.2) is 0 Å². The predicted octanol–water partition coefficient (Wildman–Crippen LogP) is 3.55. The van der Waals surface area contributed by atoms with Gasteiger partial charge in [-0.05, 0) is 64.2 Å². The second-order valence-electron chi connectivity index (χ2n) is 5.81. The van der Waals surface area contributed by atoms with Crippen molar-refractivity contribution < 1.29 is 14.6 Å². The molecule has 0 aromatic heterocycles. The second kappa shape index (κ2) is 6.04. The Kier molecular flexibility index (Phi) is 4.34. The Bertz CT molecular complexity index is 467. The summed E-state index contributed by atoms with van der Waals surface area (Å²) in [6.07, 6.45) is 3.61. The van der Waals surface area contributed by atoms with E-state index in [9.17, 15) is 5.11 Å². The Hall–Kier alpha value is -0.580. The van der Waals surface area contributed by atoms with Crippen LogP contribution in [0.5, 0.6) is 5.75 Å². The van der Waals surface area contributed by atoms with Crippen LogP contribution >= 0.6 is 15.9 Å². The average Bonchev–Trinajstić information content (AvgIpc) is 2.92. The Balaban J connectivity index is 1.64. The fraction of sp³-hybridized carbons (Fsp3) is 0.625. The van der Waals surface area contributed by atoms with Gasteiger partial charge in [-0.1, -0.05) is 12.5 Å². The molecule has 3 rings (SSSR count). The van der Waals surface area contributed by atoms with E-state index in [1.54, 1.807) is 7.11 Å². The van der Waals surface area contributed by atoms with Gasteiger partial charge in [-0.15, -0.1) is 0 Å². The highest BCUT2D eigenvalue weighted by Crippen LogP contribution is 2.62. The van der Waals surface area contributed by atoms with Crippen molar-refractivity contribution >= 4 is 15.9 Å². The van der Waals surface area contributed by atoms with E-state index in [0.29, 0.717) is 19.1 Å². The van der Waals surface area contributed by atoms with Crippen molar-refractivity contribution in [3.05, 3.63) is 28.2 Å². The maximum Gasteiger partial charge on any atom is 0.133 e. The van der Waals surface area contributed by atoms with Crippen LogP contribution < -0.4 is 4.74 Å². The van der Waals surface area contributed by atoms with Gasteiger partial charge in [-0.3, -0.25) is 0 Å². The first kappa shape index (κ1) is 14.4. The molecule has 2 aliphatic rings. The van der Waals surface area contributed by atoms with Crippen molar-refractivity contribution in [1.82, 2.24) is 0 Å². The van der Waals surface area contributed by atoms with Crippen molar-refractivity contribution in [2.75, 3.05) is 20.3 Å². The molecule has 1 aromatic rings. The third-order valence-electron chi connectivity index (χ3n) is 4.68. The molecule has 0 amide bonds. The summed E-state index contributed by atoms with van der Waals surface area (Å²) in [5.41, 5.74) is 0.996. The van der Waals surface area contributed by atoms with Gasteiger partial charge in [0.05, 0.1) is 17.2 Å². The third kappa shape index (κ3) is 2.74. The zero-order valence-corrected chi connectivity index (χ0v) is 13.3. The first-order valence-corrected chi connectivity index (χ1v) is 8.11. The van der Waals surface area contributed by atoms with Gasteiger partial charge in [0.25, 0.3) is 0 Å². The molecule has 0 heterocycles. The van der Waals surface area contributed by atoms with Crippen molar-refractivity contribution in [2.45, 2.75) is 25.4 Å².